The molecule has 0 bridgehead atoms. The zero-order valence-electron chi connectivity index (χ0n) is 7.80. The molecular weight excluding hydrogens is 239 g/mol. The van der Waals surface area contributed by atoms with Crippen LogP contribution < -0.4 is 10.9 Å². The van der Waals surface area contributed by atoms with Gasteiger partial charge in [-0.15, -0.1) is 0 Å². The van der Waals surface area contributed by atoms with E-state index in [9.17, 15) is 9.59 Å². The number of rotatable bonds is 1. The number of benzene rings is 1. The number of carbonyl (C=O) groups is 2. The minimum Gasteiger partial charge on any atom is -0.274 e. The Balaban J connectivity index is 2.78. The van der Waals surface area contributed by atoms with E-state index >= 15 is 0 Å². The molecule has 0 saturated carbocycles. The monoisotopic (exact) mass is 246 g/mol. The Kier molecular flexibility index (Phi) is 3.94. The zero-order chi connectivity index (χ0) is 11.4. The first-order valence-electron chi connectivity index (χ1n) is 4.02. The van der Waals surface area contributed by atoms with Crippen LogP contribution in [0, 0.1) is 0 Å². The van der Waals surface area contributed by atoms with Crippen molar-refractivity contribution in [3.63, 3.8) is 0 Å². The highest BCUT2D eigenvalue weighted by molar-refractivity contribution is 6.36. The van der Waals surface area contributed by atoms with Crippen LogP contribution in [0.25, 0.3) is 0 Å². The minimum absolute atomic E-state index is 0.227. The lowest BCUT2D eigenvalue weighted by atomic mass is 10.2. The van der Waals surface area contributed by atoms with E-state index in [0.717, 1.165) is 0 Å². The van der Waals surface area contributed by atoms with E-state index in [1.165, 1.54) is 25.1 Å². The summed E-state index contributed by atoms with van der Waals surface area (Å²) in [5.74, 6) is -0.861. The standard InChI is InChI=1S/C9H8Cl2N2O2/c1-5(14)12-13-9(15)7-3-2-6(10)4-8(7)11/h2-4H,1H3,(H,12,14)(H,13,15). The lowest BCUT2D eigenvalue weighted by Gasteiger charge is -2.06. The van der Waals surface area contributed by atoms with Gasteiger partial charge in [0.1, 0.15) is 0 Å². The average molecular weight is 247 g/mol. The number of amides is 2. The highest BCUT2D eigenvalue weighted by Gasteiger charge is 2.10. The lowest BCUT2D eigenvalue weighted by molar-refractivity contribution is -0.119. The molecule has 0 atom stereocenters. The summed E-state index contributed by atoms with van der Waals surface area (Å²) in [6.07, 6.45) is 0. The fraction of sp³-hybridized carbons (Fsp3) is 0.111. The van der Waals surface area contributed by atoms with Crippen molar-refractivity contribution in [2.45, 2.75) is 6.92 Å². The molecule has 1 aromatic rings. The van der Waals surface area contributed by atoms with Crippen LogP contribution in [-0.4, -0.2) is 11.8 Å². The highest BCUT2D eigenvalue weighted by atomic mass is 35.5. The van der Waals surface area contributed by atoms with Gasteiger partial charge in [0.15, 0.2) is 0 Å². The minimum atomic E-state index is -0.494. The second-order valence-electron chi connectivity index (χ2n) is 2.76. The number of carbonyl (C=O) groups excluding carboxylic acids is 2. The van der Waals surface area contributed by atoms with Crippen LogP contribution in [-0.2, 0) is 4.79 Å². The van der Waals surface area contributed by atoms with Gasteiger partial charge in [-0.05, 0) is 18.2 Å². The number of hydrogen-bond acceptors (Lipinski definition) is 2. The normalized spacial score (nSPS) is 9.53. The van der Waals surface area contributed by atoms with Crippen molar-refractivity contribution >= 4 is 35.0 Å². The van der Waals surface area contributed by atoms with E-state index in [1.807, 2.05) is 0 Å². The number of hydrazine groups is 1. The summed E-state index contributed by atoms with van der Waals surface area (Å²) >= 11 is 11.4. The Morgan fingerprint density at radius 1 is 1.20 bits per heavy atom. The third kappa shape index (κ3) is 3.42. The maximum Gasteiger partial charge on any atom is 0.271 e. The molecule has 0 unspecified atom stereocenters. The van der Waals surface area contributed by atoms with Gasteiger partial charge >= 0.3 is 0 Å². The molecule has 0 radical (unpaired) electrons. The van der Waals surface area contributed by atoms with Crippen LogP contribution in [0.1, 0.15) is 17.3 Å². The van der Waals surface area contributed by atoms with E-state index in [0.29, 0.717) is 5.02 Å². The molecule has 0 saturated heterocycles. The van der Waals surface area contributed by atoms with Crippen LogP contribution in [0.2, 0.25) is 10.0 Å². The van der Waals surface area contributed by atoms with Crippen molar-refractivity contribution in [2.24, 2.45) is 0 Å². The Morgan fingerprint density at radius 3 is 2.40 bits per heavy atom. The summed E-state index contributed by atoms with van der Waals surface area (Å²) in [7, 11) is 0. The fourth-order valence-corrected chi connectivity index (χ4v) is 1.38. The summed E-state index contributed by atoms with van der Waals surface area (Å²) in [5, 5.41) is 0.668. The van der Waals surface area contributed by atoms with Gasteiger partial charge in [0.25, 0.3) is 5.91 Å². The van der Waals surface area contributed by atoms with Crippen molar-refractivity contribution in [1.82, 2.24) is 10.9 Å². The second-order valence-corrected chi connectivity index (χ2v) is 3.60. The van der Waals surface area contributed by atoms with Crippen molar-refractivity contribution < 1.29 is 9.59 Å². The average Bonchev–Trinajstić information content (AvgIpc) is 2.14. The van der Waals surface area contributed by atoms with Crippen molar-refractivity contribution in [2.75, 3.05) is 0 Å². The van der Waals surface area contributed by atoms with Gasteiger partial charge in [-0.1, -0.05) is 23.2 Å². The van der Waals surface area contributed by atoms with Crippen molar-refractivity contribution in [3.05, 3.63) is 33.8 Å². The highest BCUT2D eigenvalue weighted by Crippen LogP contribution is 2.20. The van der Waals surface area contributed by atoms with Crippen LogP contribution in [0.4, 0.5) is 0 Å². The molecule has 15 heavy (non-hydrogen) atoms. The van der Waals surface area contributed by atoms with Gasteiger partial charge in [0.05, 0.1) is 10.6 Å². The summed E-state index contributed by atoms with van der Waals surface area (Å²) in [5.41, 5.74) is 4.59. The van der Waals surface area contributed by atoms with Gasteiger partial charge in [-0.3, -0.25) is 20.4 Å². The van der Waals surface area contributed by atoms with Gasteiger partial charge in [0, 0.05) is 11.9 Å². The molecule has 0 aliphatic heterocycles. The predicted octanol–water partition coefficient (Wildman–Crippen LogP) is 1.77. The third-order valence-corrected chi connectivity index (χ3v) is 2.08. The molecule has 2 N–H and O–H groups in total. The van der Waals surface area contributed by atoms with E-state index < -0.39 is 5.91 Å². The molecule has 1 rings (SSSR count). The van der Waals surface area contributed by atoms with Crippen LogP contribution in [0.3, 0.4) is 0 Å². The SMILES string of the molecule is CC(=O)NNC(=O)c1ccc(Cl)cc1Cl. The first-order chi connectivity index (χ1) is 7.00. The third-order valence-electron chi connectivity index (χ3n) is 1.53. The van der Waals surface area contributed by atoms with Crippen LogP contribution in [0.5, 0.6) is 0 Å². The zero-order valence-corrected chi connectivity index (χ0v) is 9.32. The van der Waals surface area contributed by atoms with E-state index in [4.69, 9.17) is 23.2 Å². The fourth-order valence-electron chi connectivity index (χ4n) is 0.886. The molecule has 2 amide bonds. The van der Waals surface area contributed by atoms with Gasteiger partial charge in [-0.2, -0.15) is 0 Å². The van der Waals surface area contributed by atoms with Gasteiger partial charge < -0.3 is 0 Å². The molecule has 6 heteroatoms. The quantitative estimate of drug-likeness (QED) is 0.743. The van der Waals surface area contributed by atoms with Crippen molar-refractivity contribution in [1.29, 1.82) is 0 Å². The Morgan fingerprint density at radius 2 is 1.87 bits per heavy atom. The molecule has 0 heterocycles. The summed E-state index contributed by atoms with van der Waals surface area (Å²) in [6.45, 7) is 1.28. The largest absolute Gasteiger partial charge is 0.274 e. The first-order valence-corrected chi connectivity index (χ1v) is 4.78. The first kappa shape index (κ1) is 11.8. The van der Waals surface area contributed by atoms with E-state index in [2.05, 4.69) is 10.9 Å². The van der Waals surface area contributed by atoms with Crippen molar-refractivity contribution in [3.8, 4) is 0 Å². The molecular formula is C9H8Cl2N2O2. The maximum atomic E-state index is 11.4. The molecule has 0 aromatic heterocycles. The van der Waals surface area contributed by atoms with Gasteiger partial charge in [0.2, 0.25) is 5.91 Å². The van der Waals surface area contributed by atoms with E-state index in [1.54, 1.807) is 0 Å². The second kappa shape index (κ2) is 5.00. The number of nitrogens with one attached hydrogen (secondary N) is 2. The maximum absolute atomic E-state index is 11.4. The Labute approximate surface area is 96.5 Å². The Bertz CT molecular complexity index is 407. The summed E-state index contributed by atoms with van der Waals surface area (Å²) in [6, 6.07) is 4.46. The summed E-state index contributed by atoms with van der Waals surface area (Å²) in [4.78, 5) is 22.0. The molecule has 1 aromatic carbocycles. The van der Waals surface area contributed by atoms with Gasteiger partial charge in [-0.25, -0.2) is 0 Å². The van der Waals surface area contributed by atoms with E-state index in [-0.39, 0.29) is 16.5 Å². The molecule has 0 aliphatic rings. The number of halogens is 2. The Hall–Kier alpha value is -1.26. The summed E-state index contributed by atoms with van der Waals surface area (Å²) < 4.78 is 0. The molecule has 0 aliphatic carbocycles. The number of hydrogen-bond donors (Lipinski definition) is 2. The molecule has 0 spiro atoms. The molecule has 0 fully saturated rings. The lowest BCUT2D eigenvalue weighted by Crippen LogP contribution is -2.40. The van der Waals surface area contributed by atoms with Crippen LogP contribution in [0.15, 0.2) is 18.2 Å². The van der Waals surface area contributed by atoms with Crippen LogP contribution >= 0.6 is 23.2 Å². The molecule has 4 nitrogen and oxygen atoms in total. The topological polar surface area (TPSA) is 58.2 Å². The smallest absolute Gasteiger partial charge is 0.271 e. The predicted molar refractivity (Wildman–Crippen MR) is 57.7 cm³/mol. The molecule has 80 valence electrons.